The molecule has 0 bridgehead atoms. The molecule has 0 aliphatic carbocycles. The fraction of sp³-hybridized carbons (Fsp3) is 0.0714. The van der Waals surface area contributed by atoms with Crippen LogP contribution in [0, 0.1) is 0 Å². The minimum atomic E-state index is -1.19. The molecule has 1 unspecified atom stereocenters. The minimum absolute atomic E-state index is 0.220. The topological polar surface area (TPSA) is 54.4 Å². The normalized spacial score (nSPS) is 12.1. The van der Waals surface area contributed by atoms with Crippen LogP contribution in [-0.2, 0) is 16.6 Å². The quantitative estimate of drug-likeness (QED) is 0.941. The first-order chi connectivity index (χ1) is 9.06. The number of rotatable bonds is 4. The molecule has 1 N–H and O–H groups in total. The molecule has 0 saturated heterocycles. The van der Waals surface area contributed by atoms with Crippen LogP contribution in [0.15, 0.2) is 53.4 Å². The van der Waals surface area contributed by atoms with Crippen LogP contribution in [0.5, 0.6) is 0 Å². The fourth-order valence-electron chi connectivity index (χ4n) is 1.59. The van der Waals surface area contributed by atoms with E-state index in [0.717, 1.165) is 5.56 Å². The molecule has 0 heterocycles. The number of hydrogen-bond donors (Lipinski definition) is 1. The Bertz CT molecular complexity index is 623. The molecular weight excluding hydrogens is 284 g/mol. The van der Waals surface area contributed by atoms with E-state index in [1.165, 1.54) is 12.1 Å². The number of hydrogen-bond acceptors (Lipinski definition) is 2. The molecule has 19 heavy (non-hydrogen) atoms. The van der Waals surface area contributed by atoms with Gasteiger partial charge in [-0.1, -0.05) is 29.8 Å². The molecular formula is C14H11ClO3S. The number of carboxylic acids is 1. The van der Waals surface area contributed by atoms with Gasteiger partial charge in [-0.3, -0.25) is 4.21 Å². The zero-order valence-corrected chi connectivity index (χ0v) is 11.4. The highest BCUT2D eigenvalue weighted by molar-refractivity contribution is 7.84. The largest absolute Gasteiger partial charge is 0.478 e. The van der Waals surface area contributed by atoms with E-state index in [9.17, 15) is 9.00 Å². The van der Waals surface area contributed by atoms with Crippen LogP contribution in [0.4, 0.5) is 0 Å². The molecule has 0 fully saturated rings. The van der Waals surface area contributed by atoms with Gasteiger partial charge in [0.25, 0.3) is 0 Å². The molecule has 1 atom stereocenters. The van der Waals surface area contributed by atoms with Gasteiger partial charge in [0.05, 0.1) is 22.1 Å². The summed E-state index contributed by atoms with van der Waals surface area (Å²) < 4.78 is 12.1. The molecule has 3 nitrogen and oxygen atoms in total. The van der Waals surface area contributed by atoms with Gasteiger partial charge in [-0.05, 0) is 35.9 Å². The average Bonchev–Trinajstić information content (AvgIpc) is 2.39. The Hall–Kier alpha value is -1.65. The Balaban J connectivity index is 2.13. The van der Waals surface area contributed by atoms with E-state index >= 15 is 0 Å². The van der Waals surface area contributed by atoms with Crippen LogP contribution in [0.2, 0.25) is 5.02 Å². The van der Waals surface area contributed by atoms with E-state index in [0.29, 0.717) is 15.7 Å². The van der Waals surface area contributed by atoms with Gasteiger partial charge in [0.15, 0.2) is 0 Å². The van der Waals surface area contributed by atoms with E-state index in [4.69, 9.17) is 16.7 Å². The highest BCUT2D eigenvalue weighted by Crippen LogP contribution is 2.17. The molecule has 2 aromatic carbocycles. The van der Waals surface area contributed by atoms with E-state index in [1.807, 2.05) is 0 Å². The molecule has 5 heteroatoms. The summed E-state index contributed by atoms with van der Waals surface area (Å²) >= 11 is 5.85. The van der Waals surface area contributed by atoms with Crippen molar-refractivity contribution in [2.75, 3.05) is 0 Å². The lowest BCUT2D eigenvalue weighted by Gasteiger charge is -2.04. The van der Waals surface area contributed by atoms with Crippen molar-refractivity contribution in [3.63, 3.8) is 0 Å². The van der Waals surface area contributed by atoms with Gasteiger partial charge in [0.1, 0.15) is 0 Å². The molecule has 0 aliphatic heterocycles. The number of benzene rings is 2. The van der Waals surface area contributed by atoms with Crippen molar-refractivity contribution in [3.05, 3.63) is 64.7 Å². The van der Waals surface area contributed by atoms with Crippen LogP contribution in [-0.4, -0.2) is 15.3 Å². The Kier molecular flexibility index (Phi) is 4.35. The summed E-state index contributed by atoms with van der Waals surface area (Å²) in [7, 11) is -1.19. The third-order valence-electron chi connectivity index (χ3n) is 2.56. The van der Waals surface area contributed by atoms with Gasteiger partial charge < -0.3 is 5.11 Å². The summed E-state index contributed by atoms with van der Waals surface area (Å²) in [5, 5.41) is 9.34. The first-order valence-electron chi connectivity index (χ1n) is 5.52. The van der Waals surface area contributed by atoms with Crippen LogP contribution in [0.3, 0.4) is 0 Å². The molecule has 0 aromatic heterocycles. The molecule has 0 aliphatic rings. The predicted molar refractivity (Wildman–Crippen MR) is 75.0 cm³/mol. The smallest absolute Gasteiger partial charge is 0.335 e. The molecule has 98 valence electrons. The van der Waals surface area contributed by atoms with E-state index in [1.54, 1.807) is 36.4 Å². The van der Waals surface area contributed by atoms with Crippen molar-refractivity contribution in [1.82, 2.24) is 0 Å². The Labute approximate surface area is 118 Å². The second kappa shape index (κ2) is 5.99. The first-order valence-corrected chi connectivity index (χ1v) is 7.22. The second-order valence-corrected chi connectivity index (χ2v) is 5.84. The van der Waals surface area contributed by atoms with Crippen molar-refractivity contribution in [2.45, 2.75) is 10.6 Å². The fourth-order valence-corrected chi connectivity index (χ4v) is 2.99. The molecule has 0 saturated carbocycles. The lowest BCUT2D eigenvalue weighted by Crippen LogP contribution is -1.99. The molecule has 0 spiro atoms. The number of halogens is 1. The molecule has 2 rings (SSSR count). The summed E-state index contributed by atoms with van der Waals surface area (Å²) in [5.41, 5.74) is 1.04. The van der Waals surface area contributed by atoms with Crippen LogP contribution in [0.1, 0.15) is 15.9 Å². The predicted octanol–water partition coefficient (Wildman–Crippen LogP) is 3.35. The molecule has 0 radical (unpaired) electrons. The Morgan fingerprint density at radius 3 is 2.42 bits per heavy atom. The van der Waals surface area contributed by atoms with Gasteiger partial charge in [0, 0.05) is 9.92 Å². The van der Waals surface area contributed by atoms with E-state index in [-0.39, 0.29) is 5.56 Å². The third-order valence-corrected chi connectivity index (χ3v) is 4.17. The highest BCUT2D eigenvalue weighted by Gasteiger charge is 2.07. The van der Waals surface area contributed by atoms with Crippen molar-refractivity contribution in [3.8, 4) is 0 Å². The maximum absolute atomic E-state index is 12.1. The van der Waals surface area contributed by atoms with E-state index in [2.05, 4.69) is 0 Å². The van der Waals surface area contributed by atoms with Crippen molar-refractivity contribution in [1.29, 1.82) is 0 Å². The molecule has 0 amide bonds. The van der Waals surface area contributed by atoms with Crippen LogP contribution >= 0.6 is 11.6 Å². The lowest BCUT2D eigenvalue weighted by molar-refractivity contribution is 0.0697. The minimum Gasteiger partial charge on any atom is -0.478 e. The van der Waals surface area contributed by atoms with Crippen LogP contribution in [0.25, 0.3) is 0 Å². The monoisotopic (exact) mass is 294 g/mol. The van der Waals surface area contributed by atoms with Gasteiger partial charge in [-0.25, -0.2) is 4.79 Å². The summed E-state index contributed by atoms with van der Waals surface area (Å²) in [6.45, 7) is 0. The number of carboxylic acid groups (broad SMARTS) is 1. The highest BCUT2D eigenvalue weighted by atomic mass is 35.5. The Morgan fingerprint density at radius 1 is 1.16 bits per heavy atom. The van der Waals surface area contributed by atoms with Gasteiger partial charge in [0.2, 0.25) is 0 Å². The zero-order valence-electron chi connectivity index (χ0n) is 9.88. The summed E-state index contributed by atoms with van der Waals surface area (Å²) in [5.74, 6) is -0.636. The van der Waals surface area contributed by atoms with Crippen molar-refractivity contribution < 1.29 is 14.1 Å². The number of aromatic carboxylic acids is 1. The third kappa shape index (κ3) is 3.66. The van der Waals surface area contributed by atoms with Gasteiger partial charge in [-0.2, -0.15) is 0 Å². The first kappa shape index (κ1) is 13.8. The molecule has 2 aromatic rings. The Morgan fingerprint density at radius 2 is 1.84 bits per heavy atom. The van der Waals surface area contributed by atoms with Crippen molar-refractivity contribution in [2.24, 2.45) is 0 Å². The summed E-state index contributed by atoms with van der Waals surface area (Å²) in [6, 6.07) is 13.3. The summed E-state index contributed by atoms with van der Waals surface area (Å²) in [6.07, 6.45) is 0. The lowest BCUT2D eigenvalue weighted by atomic mass is 10.1. The number of carbonyl (C=O) groups is 1. The standard InChI is InChI=1S/C14H11ClO3S/c15-12-2-1-3-13(8-12)19(18)9-10-4-6-11(7-5-10)14(16)17/h1-8H,9H2,(H,16,17). The van der Waals surface area contributed by atoms with Crippen LogP contribution < -0.4 is 0 Å². The second-order valence-electron chi connectivity index (χ2n) is 3.95. The maximum atomic E-state index is 12.1. The summed E-state index contributed by atoms with van der Waals surface area (Å²) in [4.78, 5) is 11.4. The SMILES string of the molecule is O=C(O)c1ccc(CS(=O)c2cccc(Cl)c2)cc1. The maximum Gasteiger partial charge on any atom is 0.335 e. The average molecular weight is 295 g/mol. The van der Waals surface area contributed by atoms with Gasteiger partial charge >= 0.3 is 5.97 Å². The zero-order chi connectivity index (χ0) is 13.8. The van der Waals surface area contributed by atoms with Crippen molar-refractivity contribution >= 4 is 28.4 Å². The van der Waals surface area contributed by atoms with Gasteiger partial charge in [-0.15, -0.1) is 0 Å². The van der Waals surface area contributed by atoms with E-state index < -0.39 is 16.8 Å².